The summed E-state index contributed by atoms with van der Waals surface area (Å²) in [6.45, 7) is 5.50. The first-order valence-electron chi connectivity index (χ1n) is 14.3. The Morgan fingerprint density at radius 3 is 2.25 bits per heavy atom. The van der Waals surface area contributed by atoms with Crippen LogP contribution in [0.4, 0.5) is 10.1 Å². The molecule has 0 unspecified atom stereocenters. The van der Waals surface area contributed by atoms with Crippen LogP contribution >= 0.6 is 0 Å². The van der Waals surface area contributed by atoms with Gasteiger partial charge >= 0.3 is 5.97 Å². The third-order valence-electron chi connectivity index (χ3n) is 9.62. The first kappa shape index (κ1) is 32.4. The van der Waals surface area contributed by atoms with E-state index in [1.807, 2.05) is 0 Å². The number of methoxy groups -OCH3 is 1. The molecule has 1 amide bonds. The molecule has 0 spiro atoms. The second kappa shape index (κ2) is 12.0. The molecule has 2 heterocycles. The standard InChI is InChI=1S/C24H42B6FN3O6/c1-4-21(5-2,20(37)40-24(29,30)22(25,26)23(27,28)31)33-18(36)16-6-7-17(34-9-15(10-34)38-3)19(32-16)39-12-14-8-13(14)11-35/h6-7,13-15,35H,4-5,8-12,25-30H2,1-3H3,(H,33,36)/t13-,14-/m1/s1. The fraction of sp³-hybridized carbons (Fsp3) is 0.708. The Hall–Kier alpha value is -2.07. The third-order valence-corrected chi connectivity index (χ3v) is 9.62. The summed E-state index contributed by atoms with van der Waals surface area (Å²) < 4.78 is 32.5. The molecule has 0 aromatic carbocycles. The molecule has 1 aliphatic carbocycles. The lowest BCUT2D eigenvalue weighted by Gasteiger charge is -2.50. The van der Waals surface area contributed by atoms with Crippen LogP contribution in [-0.4, -0.2) is 125 Å². The van der Waals surface area contributed by atoms with Crippen LogP contribution in [0.3, 0.4) is 0 Å². The van der Waals surface area contributed by atoms with E-state index in [1.165, 1.54) is 15.7 Å². The van der Waals surface area contributed by atoms with Crippen molar-refractivity contribution in [2.75, 3.05) is 38.3 Å². The number of halogens is 1. The van der Waals surface area contributed by atoms with Crippen molar-refractivity contribution in [3.63, 3.8) is 0 Å². The van der Waals surface area contributed by atoms with E-state index in [1.54, 1.807) is 64.5 Å². The molecule has 40 heavy (non-hydrogen) atoms. The molecule has 3 rings (SSSR count). The van der Waals surface area contributed by atoms with Crippen LogP contribution in [0.5, 0.6) is 5.88 Å². The monoisotopic (exact) mass is 553 g/mol. The summed E-state index contributed by atoms with van der Waals surface area (Å²) in [6.07, 6.45) is 1.57. The zero-order chi connectivity index (χ0) is 30.1. The lowest BCUT2D eigenvalue weighted by molar-refractivity contribution is -0.157. The largest absolute Gasteiger partial charge is 0.477 e. The van der Waals surface area contributed by atoms with E-state index < -0.39 is 33.5 Å². The molecule has 1 saturated carbocycles. The van der Waals surface area contributed by atoms with Crippen molar-refractivity contribution in [2.24, 2.45) is 11.8 Å². The van der Waals surface area contributed by atoms with E-state index in [4.69, 9.17) is 14.2 Å². The second-order valence-electron chi connectivity index (χ2n) is 12.8. The molecule has 2 N–H and O–H groups in total. The average Bonchev–Trinajstić information content (AvgIpc) is 3.63. The summed E-state index contributed by atoms with van der Waals surface area (Å²) in [6, 6.07) is 3.41. The molecule has 1 saturated heterocycles. The van der Waals surface area contributed by atoms with Gasteiger partial charge in [-0.05, 0) is 48.4 Å². The number of carbonyl (C=O) groups excluding carboxylic acids is 2. The van der Waals surface area contributed by atoms with E-state index in [0.29, 0.717) is 25.6 Å². The molecule has 1 aromatic rings. The minimum atomic E-state index is -1.62. The van der Waals surface area contributed by atoms with Crippen LogP contribution in [0.2, 0.25) is 5.21 Å². The Morgan fingerprint density at radius 1 is 1.12 bits per heavy atom. The number of alkyl halides is 1. The maximum Gasteiger partial charge on any atom is 0.330 e. The van der Waals surface area contributed by atoms with Gasteiger partial charge in [0.15, 0.2) is 0 Å². The Morgan fingerprint density at radius 2 is 1.75 bits per heavy atom. The van der Waals surface area contributed by atoms with Crippen LogP contribution in [0.1, 0.15) is 43.6 Å². The lowest BCUT2D eigenvalue weighted by atomic mass is 9.25. The van der Waals surface area contributed by atoms with Crippen molar-refractivity contribution < 1.29 is 33.3 Å². The molecule has 2 aliphatic rings. The summed E-state index contributed by atoms with van der Waals surface area (Å²) in [5.41, 5.74) is -2.07. The third kappa shape index (κ3) is 6.53. The number of esters is 1. The van der Waals surface area contributed by atoms with Crippen molar-refractivity contribution in [1.82, 2.24) is 10.3 Å². The van der Waals surface area contributed by atoms with Crippen LogP contribution in [0, 0.1) is 11.8 Å². The number of carbonyl (C=O) groups is 2. The summed E-state index contributed by atoms with van der Waals surface area (Å²) in [5.74, 6) is -0.325. The zero-order valence-corrected chi connectivity index (χ0v) is 25.6. The van der Waals surface area contributed by atoms with Gasteiger partial charge in [0.2, 0.25) is 5.88 Å². The van der Waals surface area contributed by atoms with E-state index >= 15 is 4.39 Å². The molecule has 0 bridgehead atoms. The van der Waals surface area contributed by atoms with E-state index in [0.717, 1.165) is 12.1 Å². The fourth-order valence-electron chi connectivity index (χ4n) is 4.84. The van der Waals surface area contributed by atoms with Crippen LogP contribution in [0.25, 0.3) is 0 Å². The minimum Gasteiger partial charge on any atom is -0.477 e. The van der Waals surface area contributed by atoms with Gasteiger partial charge in [0.25, 0.3) is 5.91 Å². The molecular weight excluding hydrogens is 510 g/mol. The lowest BCUT2D eigenvalue weighted by Crippen LogP contribution is -2.63. The smallest absolute Gasteiger partial charge is 0.330 e. The Balaban J connectivity index is 1.82. The van der Waals surface area contributed by atoms with E-state index in [9.17, 15) is 14.7 Å². The normalized spacial score (nSPS) is 20.0. The minimum absolute atomic E-state index is 0.112. The number of ether oxygens (including phenoxy) is 3. The molecule has 2 atom stereocenters. The number of rotatable bonds is 14. The van der Waals surface area contributed by atoms with Crippen molar-refractivity contribution in [1.29, 1.82) is 0 Å². The fourth-order valence-corrected chi connectivity index (χ4v) is 4.84. The predicted molar refractivity (Wildman–Crippen MR) is 169 cm³/mol. The van der Waals surface area contributed by atoms with Crippen LogP contribution in [-0.2, 0) is 14.3 Å². The molecule has 1 aliphatic heterocycles. The maximum atomic E-state index is 15.1. The van der Waals surface area contributed by atoms with Gasteiger partial charge in [0.1, 0.15) is 64.0 Å². The SMILES string of the molecule is BC(B)(F)C(B)(B)C(B)(B)OC(=O)C(CC)(CC)NC(=O)c1ccc(N2CC(OC)C2)c(OC[C@H]2C[C@@H]2CO)n1. The number of nitrogens with zero attached hydrogens (tertiary/aromatic N) is 2. The number of amides is 1. The molecule has 0 radical (unpaired) electrons. The highest BCUT2D eigenvalue weighted by atomic mass is 19.1. The zero-order valence-electron chi connectivity index (χ0n) is 25.6. The number of aliphatic hydroxyl groups excluding tert-OH is 1. The van der Waals surface area contributed by atoms with Gasteiger partial charge < -0.3 is 29.5 Å². The molecular formula is C24H42B6FN3O6. The molecule has 214 valence electrons. The number of anilines is 1. The van der Waals surface area contributed by atoms with Crippen LogP contribution in [0.15, 0.2) is 12.1 Å². The first-order chi connectivity index (χ1) is 18.6. The summed E-state index contributed by atoms with van der Waals surface area (Å²) in [5, 5.41) is 10.1. The Kier molecular flexibility index (Phi) is 9.76. The van der Waals surface area contributed by atoms with E-state index in [2.05, 4.69) is 15.2 Å². The first-order valence-corrected chi connectivity index (χ1v) is 14.3. The highest BCUT2D eigenvalue weighted by Gasteiger charge is 2.52. The highest BCUT2D eigenvalue weighted by Crippen LogP contribution is 2.42. The number of aliphatic hydroxyl groups is 1. The van der Waals surface area contributed by atoms with Crippen molar-refractivity contribution in [2.45, 2.75) is 60.8 Å². The van der Waals surface area contributed by atoms with E-state index in [-0.39, 0.29) is 43.1 Å². The average molecular weight is 552 g/mol. The van der Waals surface area contributed by atoms with Crippen LogP contribution < -0.4 is 15.0 Å². The highest BCUT2D eigenvalue weighted by molar-refractivity contribution is 6.61. The molecule has 16 heteroatoms. The van der Waals surface area contributed by atoms with Gasteiger partial charge in [-0.2, -0.15) is 0 Å². The predicted octanol–water partition coefficient (Wildman–Crippen LogP) is -4.05. The Bertz CT molecular complexity index is 1080. The summed E-state index contributed by atoms with van der Waals surface area (Å²) in [7, 11) is 11.4. The van der Waals surface area contributed by atoms with Gasteiger partial charge in [-0.3, -0.25) is 9.18 Å². The topological polar surface area (TPSA) is 110 Å². The summed E-state index contributed by atoms with van der Waals surface area (Å²) >= 11 is 0. The molecule has 2 fully saturated rings. The number of pyridine rings is 1. The molecule has 1 aromatic heterocycles. The van der Waals surface area contributed by atoms with Gasteiger partial charge in [-0.1, -0.05) is 13.8 Å². The van der Waals surface area contributed by atoms with Gasteiger partial charge in [0.05, 0.1) is 12.7 Å². The van der Waals surface area contributed by atoms with Crippen molar-refractivity contribution in [3.8, 4) is 5.88 Å². The summed E-state index contributed by atoms with van der Waals surface area (Å²) in [4.78, 5) is 33.7. The van der Waals surface area contributed by atoms with Gasteiger partial charge in [0, 0.05) is 37.7 Å². The van der Waals surface area contributed by atoms with Crippen molar-refractivity contribution in [3.05, 3.63) is 17.8 Å². The number of nitrogens with one attached hydrogen (secondary N) is 1. The maximum absolute atomic E-state index is 15.1. The van der Waals surface area contributed by atoms with Crippen molar-refractivity contribution >= 4 is 64.6 Å². The quantitative estimate of drug-likeness (QED) is 0.177. The Labute approximate surface area is 242 Å². The number of aromatic nitrogens is 1. The van der Waals surface area contributed by atoms with Gasteiger partial charge in [-0.25, -0.2) is 9.78 Å². The molecule has 9 nitrogen and oxygen atoms in total. The van der Waals surface area contributed by atoms with Gasteiger partial charge in [-0.15, -0.1) is 0 Å². The second-order valence-corrected chi connectivity index (χ2v) is 12.8. The number of hydrogen-bond donors (Lipinski definition) is 2. The number of hydrogen-bond acceptors (Lipinski definition) is 8.